The van der Waals surface area contributed by atoms with Gasteiger partial charge in [0, 0.05) is 15.9 Å². The van der Waals surface area contributed by atoms with Crippen LogP contribution in [-0.2, 0) is 0 Å². The van der Waals surface area contributed by atoms with Gasteiger partial charge in [-0.3, -0.25) is 4.79 Å². The Kier molecular flexibility index (Phi) is 7.14. The maximum Gasteiger partial charge on any atom is 0.288 e. The number of halogens is 2. The molecule has 1 N–H and O–H groups in total. The Morgan fingerprint density at radius 1 is 1.58 bits per heavy atom. The Bertz CT molecular complexity index is 141. The van der Waals surface area contributed by atoms with Crippen molar-refractivity contribution in [2.75, 3.05) is 0 Å². The minimum absolute atomic E-state index is 0.0888. The van der Waals surface area contributed by atoms with Crippen LogP contribution in [0.3, 0.4) is 0 Å². The summed E-state index contributed by atoms with van der Waals surface area (Å²) >= 11 is 6.21. The van der Waals surface area contributed by atoms with Gasteiger partial charge >= 0.3 is 0 Å². The molecule has 0 heterocycles. The minimum Gasteiger partial charge on any atom is -0.334 e. The van der Waals surface area contributed by atoms with Crippen LogP contribution in [0.4, 0.5) is 4.79 Å². The summed E-state index contributed by atoms with van der Waals surface area (Å²) in [7, 11) is 0. The van der Waals surface area contributed by atoms with Gasteiger partial charge in [0.2, 0.25) is 0 Å². The van der Waals surface area contributed by atoms with Crippen LogP contribution in [0, 0.1) is 5.92 Å². The van der Waals surface area contributed by atoms with Crippen LogP contribution in [0.25, 0.3) is 0 Å². The summed E-state index contributed by atoms with van der Waals surface area (Å²) < 4.78 is 0. The number of carbonyl (C=O) groups is 1. The summed E-state index contributed by atoms with van der Waals surface area (Å²) in [4.78, 5) is 10.5. The van der Waals surface area contributed by atoms with Crippen LogP contribution in [0.1, 0.15) is 33.1 Å². The normalized spacial score (nSPS) is 15.3. The largest absolute Gasteiger partial charge is 0.334 e. The zero-order chi connectivity index (χ0) is 9.56. The third-order valence-electron chi connectivity index (χ3n) is 1.66. The molecule has 1 amide bonds. The SMILES string of the molecule is CCCC(C)CC(Br)NC(=O)Br. The third kappa shape index (κ3) is 7.10. The highest BCUT2D eigenvalue weighted by atomic mass is 79.9. The summed E-state index contributed by atoms with van der Waals surface area (Å²) in [5, 5.41) is 2.73. The molecule has 4 heteroatoms. The first-order valence-corrected chi connectivity index (χ1v) is 5.87. The Morgan fingerprint density at radius 3 is 2.58 bits per heavy atom. The lowest BCUT2D eigenvalue weighted by Crippen LogP contribution is -2.26. The molecule has 0 aromatic rings. The van der Waals surface area contributed by atoms with Crippen molar-refractivity contribution < 1.29 is 4.79 Å². The average molecular weight is 301 g/mol. The molecular formula is C8H15Br2NO. The fourth-order valence-corrected chi connectivity index (χ4v) is 2.58. The van der Waals surface area contributed by atoms with Gasteiger partial charge < -0.3 is 5.32 Å². The van der Waals surface area contributed by atoms with Crippen LogP contribution in [0.15, 0.2) is 0 Å². The molecule has 0 rings (SSSR count). The van der Waals surface area contributed by atoms with E-state index in [1.54, 1.807) is 0 Å². The summed E-state index contributed by atoms with van der Waals surface area (Å²) in [6.07, 6.45) is 3.38. The predicted octanol–water partition coefficient (Wildman–Crippen LogP) is 3.64. The van der Waals surface area contributed by atoms with Crippen LogP contribution in [-0.4, -0.2) is 9.77 Å². The molecule has 2 atom stereocenters. The highest BCUT2D eigenvalue weighted by Crippen LogP contribution is 2.15. The summed E-state index contributed by atoms with van der Waals surface area (Å²) in [6, 6.07) is 0. The Morgan fingerprint density at radius 2 is 2.17 bits per heavy atom. The molecule has 72 valence electrons. The van der Waals surface area contributed by atoms with E-state index in [9.17, 15) is 4.79 Å². The van der Waals surface area contributed by atoms with Crippen molar-refractivity contribution in [3.63, 3.8) is 0 Å². The molecule has 12 heavy (non-hydrogen) atoms. The second kappa shape index (κ2) is 6.89. The molecule has 0 saturated carbocycles. The van der Waals surface area contributed by atoms with Gasteiger partial charge in [0.1, 0.15) is 0 Å². The number of nitrogens with one attached hydrogen (secondary N) is 1. The molecule has 0 saturated heterocycles. The number of hydrogen-bond acceptors (Lipinski definition) is 1. The van der Waals surface area contributed by atoms with Crippen molar-refractivity contribution in [1.82, 2.24) is 5.32 Å². The van der Waals surface area contributed by atoms with Crippen molar-refractivity contribution in [2.45, 2.75) is 38.1 Å². The summed E-state index contributed by atoms with van der Waals surface area (Å²) in [5.74, 6) is 0.652. The zero-order valence-corrected chi connectivity index (χ0v) is 10.6. The highest BCUT2D eigenvalue weighted by Gasteiger charge is 2.10. The quantitative estimate of drug-likeness (QED) is 0.469. The lowest BCUT2D eigenvalue weighted by atomic mass is 10.0. The van der Waals surface area contributed by atoms with E-state index < -0.39 is 0 Å². The Balaban J connectivity index is 3.53. The zero-order valence-electron chi connectivity index (χ0n) is 7.44. The predicted molar refractivity (Wildman–Crippen MR) is 58.9 cm³/mol. The van der Waals surface area contributed by atoms with Gasteiger partial charge in [-0.1, -0.05) is 42.6 Å². The summed E-state index contributed by atoms with van der Waals surface area (Å²) in [6.45, 7) is 4.36. The monoisotopic (exact) mass is 299 g/mol. The molecule has 0 fully saturated rings. The van der Waals surface area contributed by atoms with Gasteiger partial charge in [-0.2, -0.15) is 0 Å². The van der Waals surface area contributed by atoms with Crippen molar-refractivity contribution in [2.24, 2.45) is 5.92 Å². The molecular weight excluding hydrogens is 286 g/mol. The van der Waals surface area contributed by atoms with E-state index in [1.807, 2.05) is 0 Å². The summed E-state index contributed by atoms with van der Waals surface area (Å²) in [5.41, 5.74) is 0. The first kappa shape index (κ1) is 12.4. The molecule has 0 aromatic carbocycles. The topological polar surface area (TPSA) is 29.1 Å². The van der Waals surface area contributed by atoms with Gasteiger partial charge in [-0.15, -0.1) is 0 Å². The van der Waals surface area contributed by atoms with Gasteiger partial charge in [-0.05, 0) is 12.3 Å². The fourth-order valence-electron chi connectivity index (χ4n) is 1.15. The number of amides is 1. The first-order valence-electron chi connectivity index (χ1n) is 4.16. The smallest absolute Gasteiger partial charge is 0.288 e. The van der Waals surface area contributed by atoms with Crippen LogP contribution in [0.2, 0.25) is 0 Å². The lowest BCUT2D eigenvalue weighted by Gasteiger charge is -2.14. The third-order valence-corrected chi connectivity index (χ3v) is 2.49. The van der Waals surface area contributed by atoms with E-state index in [2.05, 4.69) is 51.0 Å². The second-order valence-electron chi connectivity index (χ2n) is 3.02. The van der Waals surface area contributed by atoms with E-state index in [1.165, 1.54) is 12.8 Å². The van der Waals surface area contributed by atoms with E-state index in [-0.39, 0.29) is 9.77 Å². The van der Waals surface area contributed by atoms with Gasteiger partial charge in [0.25, 0.3) is 4.82 Å². The second-order valence-corrected chi connectivity index (χ2v) is 4.84. The molecule has 0 spiro atoms. The van der Waals surface area contributed by atoms with Crippen molar-refractivity contribution in [3.05, 3.63) is 0 Å². The van der Waals surface area contributed by atoms with Gasteiger partial charge in [-0.25, -0.2) is 0 Å². The van der Waals surface area contributed by atoms with Gasteiger partial charge in [0.15, 0.2) is 0 Å². The number of hydrogen-bond donors (Lipinski definition) is 1. The fraction of sp³-hybridized carbons (Fsp3) is 0.875. The van der Waals surface area contributed by atoms with Crippen LogP contribution >= 0.6 is 31.9 Å². The molecule has 0 aromatic heterocycles. The van der Waals surface area contributed by atoms with E-state index >= 15 is 0 Å². The maximum absolute atomic E-state index is 10.6. The number of alkyl halides is 1. The van der Waals surface area contributed by atoms with E-state index in [0.717, 1.165) is 6.42 Å². The minimum atomic E-state index is -0.159. The number of rotatable bonds is 5. The molecule has 2 unspecified atom stereocenters. The highest BCUT2D eigenvalue weighted by molar-refractivity contribution is 9.18. The van der Waals surface area contributed by atoms with Crippen LogP contribution in [0.5, 0.6) is 0 Å². The van der Waals surface area contributed by atoms with Crippen molar-refractivity contribution in [1.29, 1.82) is 0 Å². The Hall–Kier alpha value is 0.430. The standard InChI is InChI=1S/C8H15Br2NO/c1-3-4-6(2)5-7(9)11-8(10)12/h6-7H,3-5H2,1-2H3,(H,11,12). The lowest BCUT2D eigenvalue weighted by molar-refractivity contribution is 0.260. The van der Waals surface area contributed by atoms with E-state index in [0.29, 0.717) is 5.92 Å². The first-order chi connectivity index (χ1) is 5.56. The maximum atomic E-state index is 10.6. The molecule has 0 aliphatic rings. The van der Waals surface area contributed by atoms with Crippen molar-refractivity contribution >= 4 is 36.7 Å². The molecule has 0 aliphatic heterocycles. The molecule has 2 nitrogen and oxygen atoms in total. The number of carbonyl (C=O) groups excluding carboxylic acids is 1. The van der Waals surface area contributed by atoms with Crippen molar-refractivity contribution in [3.8, 4) is 0 Å². The van der Waals surface area contributed by atoms with E-state index in [4.69, 9.17) is 0 Å². The molecule has 0 aliphatic carbocycles. The molecule has 0 radical (unpaired) electrons. The van der Waals surface area contributed by atoms with Gasteiger partial charge in [0.05, 0.1) is 4.95 Å². The molecule has 0 bridgehead atoms. The Labute approximate surface area is 90.7 Å². The average Bonchev–Trinajstić information content (AvgIpc) is 1.84. The van der Waals surface area contributed by atoms with Crippen LogP contribution < -0.4 is 5.32 Å².